The molecule has 1 aliphatic heterocycles. The zero-order valence-electron chi connectivity index (χ0n) is 15.0. The molecule has 1 aromatic carbocycles. The van der Waals surface area contributed by atoms with Crippen LogP contribution in [0.2, 0.25) is 5.02 Å². The molecule has 134 valence electrons. The summed E-state index contributed by atoms with van der Waals surface area (Å²) < 4.78 is 6.69. The van der Waals surface area contributed by atoms with E-state index in [1.165, 1.54) is 0 Å². The van der Waals surface area contributed by atoms with E-state index in [2.05, 4.69) is 28.3 Å². The third kappa shape index (κ3) is 3.31. The second kappa shape index (κ2) is 6.96. The highest BCUT2D eigenvalue weighted by molar-refractivity contribution is 6.33. The first-order chi connectivity index (χ1) is 11.9. The number of carbonyl (C=O) groups excluding carboxylic acids is 1. The molecule has 0 unspecified atom stereocenters. The van der Waals surface area contributed by atoms with Crippen LogP contribution in [-0.2, 0) is 18.2 Å². The standard InChI is InChI=1S/C18H23ClN4O2/c1-5-25-18(24)20-16-13-7-6-8-23(17(13)21-22(16)4)15-12(3)9-11(2)10-14(15)19/h9-10H,5-8H2,1-4H3,(H,20,24). The zero-order valence-corrected chi connectivity index (χ0v) is 15.8. The quantitative estimate of drug-likeness (QED) is 0.882. The Morgan fingerprint density at radius 3 is 2.84 bits per heavy atom. The lowest BCUT2D eigenvalue weighted by atomic mass is 10.0. The highest BCUT2D eigenvalue weighted by Gasteiger charge is 2.28. The lowest BCUT2D eigenvalue weighted by molar-refractivity contribution is 0.167. The molecular formula is C18H23ClN4O2. The largest absolute Gasteiger partial charge is 0.450 e. The van der Waals surface area contributed by atoms with Crippen molar-refractivity contribution in [2.24, 2.45) is 7.05 Å². The highest BCUT2D eigenvalue weighted by Crippen LogP contribution is 2.41. The third-order valence-corrected chi connectivity index (χ3v) is 4.64. The van der Waals surface area contributed by atoms with E-state index in [1.54, 1.807) is 11.6 Å². The van der Waals surface area contributed by atoms with Gasteiger partial charge in [0.25, 0.3) is 0 Å². The third-order valence-electron chi connectivity index (χ3n) is 4.35. The molecule has 0 saturated carbocycles. The van der Waals surface area contributed by atoms with Gasteiger partial charge in [-0.05, 0) is 50.8 Å². The van der Waals surface area contributed by atoms with Gasteiger partial charge in [0, 0.05) is 19.2 Å². The van der Waals surface area contributed by atoms with Gasteiger partial charge in [0.2, 0.25) is 0 Å². The van der Waals surface area contributed by atoms with Gasteiger partial charge >= 0.3 is 6.09 Å². The molecule has 1 N–H and O–H groups in total. The van der Waals surface area contributed by atoms with Crippen LogP contribution in [0.15, 0.2) is 12.1 Å². The minimum absolute atomic E-state index is 0.330. The van der Waals surface area contributed by atoms with Crippen LogP contribution >= 0.6 is 11.6 Å². The van der Waals surface area contributed by atoms with Gasteiger partial charge in [0.1, 0.15) is 5.82 Å². The first kappa shape index (κ1) is 17.6. The Morgan fingerprint density at radius 2 is 2.16 bits per heavy atom. The number of halogens is 1. The van der Waals surface area contributed by atoms with E-state index in [0.29, 0.717) is 12.4 Å². The molecule has 0 bridgehead atoms. The molecule has 2 heterocycles. The summed E-state index contributed by atoms with van der Waals surface area (Å²) in [6, 6.07) is 4.09. The van der Waals surface area contributed by atoms with Crippen LogP contribution < -0.4 is 10.2 Å². The molecule has 0 fully saturated rings. The fraction of sp³-hybridized carbons (Fsp3) is 0.444. The van der Waals surface area contributed by atoms with E-state index < -0.39 is 6.09 Å². The van der Waals surface area contributed by atoms with Crippen LogP contribution in [0.1, 0.15) is 30.0 Å². The van der Waals surface area contributed by atoms with E-state index in [4.69, 9.17) is 16.3 Å². The number of nitrogens with zero attached hydrogens (tertiary/aromatic N) is 3. The summed E-state index contributed by atoms with van der Waals surface area (Å²) in [5, 5.41) is 8.17. The molecule has 1 aliphatic rings. The molecule has 7 heteroatoms. The van der Waals surface area contributed by atoms with Crippen molar-refractivity contribution in [1.82, 2.24) is 9.78 Å². The van der Waals surface area contributed by atoms with Gasteiger partial charge < -0.3 is 9.64 Å². The van der Waals surface area contributed by atoms with Crippen LogP contribution in [-0.4, -0.2) is 29.0 Å². The van der Waals surface area contributed by atoms with Gasteiger partial charge in [-0.2, -0.15) is 5.10 Å². The number of carbonyl (C=O) groups is 1. The number of nitrogens with one attached hydrogen (secondary N) is 1. The molecule has 0 spiro atoms. The van der Waals surface area contributed by atoms with Crippen LogP contribution in [0, 0.1) is 13.8 Å². The Bertz CT molecular complexity index is 793. The molecule has 0 atom stereocenters. The van der Waals surface area contributed by atoms with Gasteiger partial charge in [-0.1, -0.05) is 17.7 Å². The summed E-state index contributed by atoms with van der Waals surface area (Å²) in [6.07, 6.45) is 1.35. The molecule has 2 aromatic rings. The van der Waals surface area contributed by atoms with Crippen molar-refractivity contribution in [2.75, 3.05) is 23.4 Å². The fourth-order valence-corrected chi connectivity index (χ4v) is 3.83. The SMILES string of the molecule is CCOC(=O)Nc1c2c(nn1C)N(c1c(C)cc(C)cc1Cl)CCC2. The molecule has 6 nitrogen and oxygen atoms in total. The van der Waals surface area contributed by atoms with Crippen molar-refractivity contribution < 1.29 is 9.53 Å². The molecule has 0 aliphatic carbocycles. The Labute approximate surface area is 152 Å². The van der Waals surface area contributed by atoms with Crippen molar-refractivity contribution >= 4 is 35.0 Å². The normalized spacial score (nSPS) is 13.6. The Kier molecular flexibility index (Phi) is 4.90. The van der Waals surface area contributed by atoms with Gasteiger partial charge in [-0.15, -0.1) is 0 Å². The summed E-state index contributed by atoms with van der Waals surface area (Å²) in [6.45, 7) is 7.04. The molecular weight excluding hydrogens is 340 g/mol. The number of ether oxygens (including phenoxy) is 1. The predicted molar refractivity (Wildman–Crippen MR) is 100 cm³/mol. The van der Waals surface area contributed by atoms with Crippen molar-refractivity contribution in [1.29, 1.82) is 0 Å². The number of aromatic nitrogens is 2. The van der Waals surface area contributed by atoms with Crippen LogP contribution in [0.3, 0.4) is 0 Å². The maximum Gasteiger partial charge on any atom is 0.412 e. The number of fused-ring (bicyclic) bond motifs is 1. The molecule has 3 rings (SSSR count). The zero-order chi connectivity index (χ0) is 18.1. The van der Waals surface area contributed by atoms with Crippen LogP contribution in [0.5, 0.6) is 0 Å². The summed E-state index contributed by atoms with van der Waals surface area (Å²) in [5.74, 6) is 1.52. The maximum absolute atomic E-state index is 11.8. The van der Waals surface area contributed by atoms with E-state index >= 15 is 0 Å². The Balaban J connectivity index is 2.03. The second-order valence-corrected chi connectivity index (χ2v) is 6.69. The van der Waals surface area contributed by atoms with Crippen molar-refractivity contribution in [2.45, 2.75) is 33.6 Å². The Hall–Kier alpha value is -2.21. The fourth-order valence-electron chi connectivity index (χ4n) is 3.41. The van der Waals surface area contributed by atoms with Crippen LogP contribution in [0.4, 0.5) is 22.1 Å². The highest BCUT2D eigenvalue weighted by atomic mass is 35.5. The first-order valence-corrected chi connectivity index (χ1v) is 8.84. The number of hydrogen-bond donors (Lipinski definition) is 1. The van der Waals surface area contributed by atoms with E-state index in [9.17, 15) is 4.79 Å². The molecule has 25 heavy (non-hydrogen) atoms. The number of hydrogen-bond acceptors (Lipinski definition) is 4. The van der Waals surface area contributed by atoms with Gasteiger partial charge in [0.15, 0.2) is 5.82 Å². The van der Waals surface area contributed by atoms with Crippen molar-refractivity contribution in [3.8, 4) is 0 Å². The summed E-state index contributed by atoms with van der Waals surface area (Å²) in [7, 11) is 1.82. The summed E-state index contributed by atoms with van der Waals surface area (Å²) >= 11 is 6.54. The number of aryl methyl sites for hydroxylation is 3. The van der Waals surface area contributed by atoms with Crippen LogP contribution in [0.25, 0.3) is 0 Å². The minimum Gasteiger partial charge on any atom is -0.450 e. The average molecular weight is 363 g/mol. The number of anilines is 3. The smallest absolute Gasteiger partial charge is 0.412 e. The van der Waals surface area contributed by atoms with Gasteiger partial charge in [-0.25, -0.2) is 4.79 Å². The molecule has 1 amide bonds. The lowest BCUT2D eigenvalue weighted by Crippen LogP contribution is -2.26. The van der Waals surface area contributed by atoms with E-state index in [-0.39, 0.29) is 0 Å². The molecule has 0 radical (unpaired) electrons. The lowest BCUT2D eigenvalue weighted by Gasteiger charge is -2.30. The summed E-state index contributed by atoms with van der Waals surface area (Å²) in [5.41, 5.74) is 4.24. The molecule has 1 aromatic heterocycles. The Morgan fingerprint density at radius 1 is 1.40 bits per heavy atom. The summed E-state index contributed by atoms with van der Waals surface area (Å²) in [4.78, 5) is 14.0. The van der Waals surface area contributed by atoms with Crippen molar-refractivity contribution in [3.63, 3.8) is 0 Å². The van der Waals surface area contributed by atoms with E-state index in [0.717, 1.165) is 52.6 Å². The predicted octanol–water partition coefficient (Wildman–Crippen LogP) is 4.34. The van der Waals surface area contributed by atoms with Gasteiger partial charge in [-0.3, -0.25) is 10.00 Å². The monoisotopic (exact) mass is 362 g/mol. The molecule has 0 saturated heterocycles. The number of amides is 1. The number of rotatable bonds is 3. The van der Waals surface area contributed by atoms with E-state index in [1.807, 2.05) is 20.0 Å². The topological polar surface area (TPSA) is 59.4 Å². The number of benzene rings is 1. The first-order valence-electron chi connectivity index (χ1n) is 8.46. The minimum atomic E-state index is -0.463. The average Bonchev–Trinajstić information content (AvgIpc) is 2.84. The van der Waals surface area contributed by atoms with Crippen molar-refractivity contribution in [3.05, 3.63) is 33.8 Å². The second-order valence-electron chi connectivity index (χ2n) is 6.29. The maximum atomic E-state index is 11.8. The van der Waals surface area contributed by atoms with Gasteiger partial charge in [0.05, 0.1) is 17.3 Å².